The Labute approximate surface area is 157 Å². The third-order valence-corrected chi connectivity index (χ3v) is 6.67. The molecule has 1 aromatic carbocycles. The van der Waals surface area contributed by atoms with Crippen molar-refractivity contribution in [1.29, 1.82) is 0 Å². The van der Waals surface area contributed by atoms with Crippen molar-refractivity contribution in [3.63, 3.8) is 0 Å². The van der Waals surface area contributed by atoms with E-state index in [0.29, 0.717) is 25.4 Å². The van der Waals surface area contributed by atoms with E-state index in [2.05, 4.69) is 29.2 Å². The van der Waals surface area contributed by atoms with Gasteiger partial charge in [0.05, 0.1) is 18.3 Å². The number of aliphatic hydroxyl groups is 1. The van der Waals surface area contributed by atoms with Crippen molar-refractivity contribution in [3.05, 3.63) is 29.8 Å². The van der Waals surface area contributed by atoms with E-state index >= 15 is 0 Å². The fourth-order valence-corrected chi connectivity index (χ4v) is 5.04. The number of hydrogen-bond acceptors (Lipinski definition) is 4. The first-order valence-corrected chi connectivity index (χ1v) is 10.4. The molecule has 144 valence electrons. The van der Waals surface area contributed by atoms with Crippen LogP contribution in [0.2, 0.25) is 0 Å². The zero-order valence-corrected chi connectivity index (χ0v) is 16.0. The second-order valence-electron chi connectivity index (χ2n) is 8.60. The predicted octanol–water partition coefficient (Wildman–Crippen LogP) is 3.76. The largest absolute Gasteiger partial charge is 0.490 e. The molecule has 1 aliphatic carbocycles. The molecule has 0 aromatic heterocycles. The molecule has 0 bridgehead atoms. The number of hydrogen-bond donors (Lipinski definition) is 1. The Kier molecular flexibility index (Phi) is 5.53. The van der Waals surface area contributed by atoms with Crippen molar-refractivity contribution < 1.29 is 14.6 Å². The molecule has 4 nitrogen and oxygen atoms in total. The summed E-state index contributed by atoms with van der Waals surface area (Å²) in [5, 5.41) is 10.9. The second kappa shape index (κ2) is 7.87. The van der Waals surface area contributed by atoms with E-state index in [9.17, 15) is 5.11 Å². The summed E-state index contributed by atoms with van der Waals surface area (Å²) in [6.45, 7) is 5.34. The topological polar surface area (TPSA) is 41.9 Å². The van der Waals surface area contributed by atoms with Crippen LogP contribution < -0.4 is 4.74 Å². The van der Waals surface area contributed by atoms with Gasteiger partial charge in [0.2, 0.25) is 0 Å². The minimum atomic E-state index is -0.620. The van der Waals surface area contributed by atoms with E-state index in [1.54, 1.807) is 0 Å². The van der Waals surface area contributed by atoms with Crippen LogP contribution in [0, 0.1) is 5.92 Å². The standard InChI is InChI=1S/C22H33NO3/c1-22(24)12-14-25-16-19(22)20-10-6-13-23(20)15-17-7-2-5-11-21(17)26-18-8-3-4-9-18/h2,5,7,11,18-20,24H,3-4,6,8-10,12-16H2,1H3/t19-,20-,22-/m0/s1. The molecular formula is C22H33NO3. The van der Waals surface area contributed by atoms with E-state index in [1.165, 1.54) is 37.7 Å². The molecule has 1 aromatic rings. The molecule has 2 heterocycles. The maximum atomic E-state index is 10.9. The third-order valence-electron chi connectivity index (χ3n) is 6.67. The Morgan fingerprint density at radius 3 is 2.81 bits per heavy atom. The van der Waals surface area contributed by atoms with Crippen molar-refractivity contribution in [2.75, 3.05) is 19.8 Å². The molecule has 1 N–H and O–H groups in total. The number of likely N-dealkylation sites (tertiary alicyclic amines) is 1. The zero-order valence-electron chi connectivity index (χ0n) is 16.0. The van der Waals surface area contributed by atoms with Gasteiger partial charge < -0.3 is 14.6 Å². The Bertz CT molecular complexity index is 597. The van der Waals surface area contributed by atoms with Gasteiger partial charge >= 0.3 is 0 Å². The first-order valence-electron chi connectivity index (χ1n) is 10.4. The van der Waals surface area contributed by atoms with Crippen molar-refractivity contribution in [1.82, 2.24) is 4.90 Å². The first-order chi connectivity index (χ1) is 12.6. The van der Waals surface area contributed by atoms with Gasteiger partial charge in [-0.05, 0) is 64.5 Å². The summed E-state index contributed by atoms with van der Waals surface area (Å²) in [4.78, 5) is 2.55. The fraction of sp³-hybridized carbons (Fsp3) is 0.727. The van der Waals surface area contributed by atoms with Crippen LogP contribution in [0.25, 0.3) is 0 Å². The normalized spacial score (nSPS) is 33.6. The average Bonchev–Trinajstić information content (AvgIpc) is 3.28. The highest BCUT2D eigenvalue weighted by molar-refractivity contribution is 5.33. The molecule has 1 saturated carbocycles. The van der Waals surface area contributed by atoms with Crippen molar-refractivity contribution in [2.45, 2.75) is 76.2 Å². The number of rotatable bonds is 5. The molecule has 4 rings (SSSR count). The Balaban J connectivity index is 1.47. The van der Waals surface area contributed by atoms with Crippen LogP contribution in [-0.4, -0.2) is 47.5 Å². The lowest BCUT2D eigenvalue weighted by molar-refractivity contribution is -0.123. The first kappa shape index (κ1) is 18.3. The molecule has 4 heteroatoms. The summed E-state index contributed by atoms with van der Waals surface area (Å²) in [6.07, 6.45) is 8.42. The summed E-state index contributed by atoms with van der Waals surface area (Å²) in [5.74, 6) is 1.25. The van der Waals surface area contributed by atoms with Crippen molar-refractivity contribution >= 4 is 0 Å². The van der Waals surface area contributed by atoms with Gasteiger partial charge in [0.15, 0.2) is 0 Å². The quantitative estimate of drug-likeness (QED) is 0.869. The van der Waals surface area contributed by atoms with Crippen LogP contribution in [0.5, 0.6) is 5.75 Å². The number of para-hydroxylation sites is 1. The highest BCUT2D eigenvalue weighted by Crippen LogP contribution is 2.37. The molecule has 26 heavy (non-hydrogen) atoms. The highest BCUT2D eigenvalue weighted by atomic mass is 16.5. The smallest absolute Gasteiger partial charge is 0.124 e. The van der Waals surface area contributed by atoms with Crippen molar-refractivity contribution in [3.8, 4) is 5.75 Å². The molecule has 0 spiro atoms. The molecule has 3 fully saturated rings. The average molecular weight is 360 g/mol. The minimum Gasteiger partial charge on any atom is -0.490 e. The van der Waals surface area contributed by atoms with Crippen LogP contribution in [0.4, 0.5) is 0 Å². The van der Waals surface area contributed by atoms with Crippen LogP contribution >= 0.6 is 0 Å². The zero-order chi connectivity index (χ0) is 18.0. The van der Waals surface area contributed by atoms with Gasteiger partial charge in [-0.2, -0.15) is 0 Å². The molecule has 0 amide bonds. The van der Waals surface area contributed by atoms with Gasteiger partial charge in [0, 0.05) is 30.7 Å². The van der Waals surface area contributed by atoms with Gasteiger partial charge in [-0.1, -0.05) is 18.2 Å². The predicted molar refractivity (Wildman–Crippen MR) is 102 cm³/mol. The van der Waals surface area contributed by atoms with E-state index in [1.807, 2.05) is 6.92 Å². The number of ether oxygens (including phenoxy) is 2. The van der Waals surface area contributed by atoms with E-state index in [-0.39, 0.29) is 5.92 Å². The SMILES string of the molecule is C[C@]1(O)CCOC[C@H]1[C@@H]1CCCN1Cc1ccccc1OC1CCCC1. The van der Waals surface area contributed by atoms with Gasteiger partial charge in [-0.3, -0.25) is 4.90 Å². The van der Waals surface area contributed by atoms with Crippen LogP contribution in [-0.2, 0) is 11.3 Å². The minimum absolute atomic E-state index is 0.196. The van der Waals surface area contributed by atoms with Gasteiger partial charge in [0.1, 0.15) is 5.75 Å². The molecule has 3 atom stereocenters. The van der Waals surface area contributed by atoms with Crippen LogP contribution in [0.15, 0.2) is 24.3 Å². The maximum absolute atomic E-state index is 10.9. The summed E-state index contributed by atoms with van der Waals surface area (Å²) in [7, 11) is 0. The lowest BCUT2D eigenvalue weighted by Crippen LogP contribution is -2.52. The van der Waals surface area contributed by atoms with Gasteiger partial charge in [-0.25, -0.2) is 0 Å². The highest BCUT2D eigenvalue weighted by Gasteiger charge is 2.44. The summed E-state index contributed by atoms with van der Waals surface area (Å²) >= 11 is 0. The number of benzene rings is 1. The van der Waals surface area contributed by atoms with Crippen LogP contribution in [0.3, 0.4) is 0 Å². The van der Waals surface area contributed by atoms with E-state index in [4.69, 9.17) is 9.47 Å². The monoisotopic (exact) mass is 359 g/mol. The molecular weight excluding hydrogens is 326 g/mol. The summed E-state index contributed by atoms with van der Waals surface area (Å²) < 4.78 is 12.1. The lowest BCUT2D eigenvalue weighted by Gasteiger charge is -2.43. The number of nitrogens with zero attached hydrogens (tertiary/aromatic N) is 1. The van der Waals surface area contributed by atoms with Gasteiger partial charge in [0.25, 0.3) is 0 Å². The maximum Gasteiger partial charge on any atom is 0.124 e. The third kappa shape index (κ3) is 3.92. The van der Waals surface area contributed by atoms with Crippen LogP contribution in [0.1, 0.15) is 57.4 Å². The van der Waals surface area contributed by atoms with E-state index < -0.39 is 5.60 Å². The molecule has 0 radical (unpaired) electrons. The Morgan fingerprint density at radius 1 is 1.19 bits per heavy atom. The summed E-state index contributed by atoms with van der Waals surface area (Å²) in [6, 6.07) is 8.91. The Morgan fingerprint density at radius 2 is 2.00 bits per heavy atom. The fourth-order valence-electron chi connectivity index (χ4n) is 5.04. The Hall–Kier alpha value is -1.10. The lowest BCUT2D eigenvalue weighted by atomic mass is 9.79. The molecule has 2 aliphatic heterocycles. The van der Waals surface area contributed by atoms with Gasteiger partial charge in [-0.15, -0.1) is 0 Å². The molecule has 0 unspecified atom stereocenters. The molecule has 2 saturated heterocycles. The molecule has 3 aliphatic rings. The summed E-state index contributed by atoms with van der Waals surface area (Å²) in [5.41, 5.74) is 0.661. The second-order valence-corrected chi connectivity index (χ2v) is 8.60. The van der Waals surface area contributed by atoms with E-state index in [0.717, 1.165) is 31.7 Å². The van der Waals surface area contributed by atoms with Crippen molar-refractivity contribution in [2.24, 2.45) is 5.92 Å².